The van der Waals surface area contributed by atoms with Gasteiger partial charge in [0.25, 0.3) is 0 Å². The van der Waals surface area contributed by atoms with E-state index in [9.17, 15) is 14.9 Å². The minimum atomic E-state index is -0.566. The van der Waals surface area contributed by atoms with E-state index in [1.165, 1.54) is 11.7 Å². The number of nitrogens with one attached hydrogen (secondary N) is 1. The van der Waals surface area contributed by atoms with Gasteiger partial charge >= 0.3 is 5.82 Å². The maximum absolute atomic E-state index is 10.7. The first kappa shape index (κ1) is 12.1. The zero-order valence-corrected chi connectivity index (χ0v) is 8.71. The first-order chi connectivity index (χ1) is 7.54. The third kappa shape index (κ3) is 3.02. The van der Waals surface area contributed by atoms with Crippen molar-refractivity contribution in [1.29, 1.82) is 0 Å². The highest BCUT2D eigenvalue weighted by Gasteiger charge is 2.14. The van der Waals surface area contributed by atoms with E-state index in [0.29, 0.717) is 18.8 Å². The van der Waals surface area contributed by atoms with E-state index in [1.807, 2.05) is 0 Å². The summed E-state index contributed by atoms with van der Waals surface area (Å²) >= 11 is 0. The van der Waals surface area contributed by atoms with Crippen LogP contribution in [-0.2, 0) is 11.3 Å². The highest BCUT2D eigenvalue weighted by Crippen LogP contribution is 2.11. The van der Waals surface area contributed by atoms with E-state index in [4.69, 9.17) is 5.21 Å². The number of hydrogen-bond acceptors (Lipinski definition) is 5. The topological polar surface area (TPSA) is 110 Å². The van der Waals surface area contributed by atoms with Gasteiger partial charge < -0.3 is 14.7 Å². The summed E-state index contributed by atoms with van der Waals surface area (Å²) in [6, 6.07) is 0. The lowest BCUT2D eigenvalue weighted by atomic mass is 10.3. The molecule has 0 saturated carbocycles. The van der Waals surface area contributed by atoms with Gasteiger partial charge in [-0.2, -0.15) is 0 Å². The standard InChI is InChI=1S/C8H12N4O4/c1-6-9-7(12(15)16)5-11(6)4-2-3-8(13)10-14/h5,14H,2-4H2,1H3,(H,10,13). The number of nitro groups is 1. The Balaban J connectivity index is 2.54. The first-order valence-electron chi connectivity index (χ1n) is 4.65. The number of aryl methyl sites for hydroxylation is 2. The molecule has 0 atom stereocenters. The Labute approximate surface area is 91.0 Å². The van der Waals surface area contributed by atoms with Gasteiger partial charge in [0.15, 0.2) is 0 Å². The molecule has 0 spiro atoms. The van der Waals surface area contributed by atoms with Crippen LogP contribution in [0.1, 0.15) is 18.7 Å². The van der Waals surface area contributed by atoms with Crippen LogP contribution in [-0.4, -0.2) is 25.6 Å². The van der Waals surface area contributed by atoms with E-state index in [2.05, 4.69) is 4.98 Å². The normalized spacial score (nSPS) is 10.1. The second-order valence-corrected chi connectivity index (χ2v) is 3.24. The maximum Gasteiger partial charge on any atom is 0.381 e. The Morgan fingerprint density at radius 1 is 1.75 bits per heavy atom. The monoisotopic (exact) mass is 228 g/mol. The fourth-order valence-electron chi connectivity index (χ4n) is 1.27. The molecule has 0 fully saturated rings. The van der Waals surface area contributed by atoms with Crippen molar-refractivity contribution in [3.63, 3.8) is 0 Å². The second-order valence-electron chi connectivity index (χ2n) is 3.24. The number of rotatable bonds is 5. The summed E-state index contributed by atoms with van der Waals surface area (Å²) in [5.41, 5.74) is 1.52. The molecule has 88 valence electrons. The molecular weight excluding hydrogens is 216 g/mol. The van der Waals surface area contributed by atoms with Gasteiger partial charge in [-0.1, -0.05) is 0 Å². The number of hydrogen-bond donors (Lipinski definition) is 2. The summed E-state index contributed by atoms with van der Waals surface area (Å²) in [5, 5.41) is 18.7. The molecule has 8 nitrogen and oxygen atoms in total. The average Bonchev–Trinajstić information content (AvgIpc) is 2.60. The van der Waals surface area contributed by atoms with Crippen molar-refractivity contribution >= 4 is 11.7 Å². The molecule has 0 aliphatic carbocycles. The molecule has 1 heterocycles. The van der Waals surface area contributed by atoms with Crippen molar-refractivity contribution in [3.05, 3.63) is 22.1 Å². The van der Waals surface area contributed by atoms with Crippen molar-refractivity contribution in [1.82, 2.24) is 15.0 Å². The molecule has 1 amide bonds. The predicted octanol–water partition coefficient (Wildman–Crippen LogP) is 0.385. The summed E-state index contributed by atoms with van der Waals surface area (Å²) in [6.45, 7) is 2.10. The van der Waals surface area contributed by atoms with Crippen molar-refractivity contribution in [2.24, 2.45) is 0 Å². The lowest BCUT2D eigenvalue weighted by Gasteiger charge is -2.01. The molecule has 0 saturated heterocycles. The van der Waals surface area contributed by atoms with Crippen LogP contribution in [0.5, 0.6) is 0 Å². The molecule has 0 radical (unpaired) electrons. The van der Waals surface area contributed by atoms with Crippen LogP contribution in [0.15, 0.2) is 6.20 Å². The number of imidazole rings is 1. The Morgan fingerprint density at radius 2 is 2.44 bits per heavy atom. The smallest absolute Gasteiger partial charge is 0.358 e. The molecule has 16 heavy (non-hydrogen) atoms. The third-order valence-corrected chi connectivity index (χ3v) is 2.08. The van der Waals surface area contributed by atoms with Crippen molar-refractivity contribution in [2.45, 2.75) is 26.3 Å². The van der Waals surface area contributed by atoms with Gasteiger partial charge in [0.2, 0.25) is 11.7 Å². The highest BCUT2D eigenvalue weighted by atomic mass is 16.6. The molecule has 0 bridgehead atoms. The Morgan fingerprint density at radius 3 is 2.94 bits per heavy atom. The average molecular weight is 228 g/mol. The SMILES string of the molecule is Cc1nc([N+](=O)[O-])cn1CCCC(=O)NO. The van der Waals surface area contributed by atoms with Crippen molar-refractivity contribution in [3.8, 4) is 0 Å². The Hall–Kier alpha value is -1.96. The first-order valence-corrected chi connectivity index (χ1v) is 4.65. The number of aromatic nitrogens is 2. The van der Waals surface area contributed by atoms with E-state index in [-0.39, 0.29) is 12.2 Å². The number of carbonyl (C=O) groups is 1. The zero-order valence-electron chi connectivity index (χ0n) is 8.71. The van der Waals surface area contributed by atoms with Gasteiger partial charge in [-0.25, -0.2) is 5.48 Å². The van der Waals surface area contributed by atoms with E-state index in [0.717, 1.165) is 0 Å². The zero-order chi connectivity index (χ0) is 12.1. The van der Waals surface area contributed by atoms with E-state index < -0.39 is 10.8 Å². The predicted molar refractivity (Wildman–Crippen MR) is 52.8 cm³/mol. The van der Waals surface area contributed by atoms with Crippen LogP contribution in [0, 0.1) is 17.0 Å². The van der Waals surface area contributed by atoms with Crippen LogP contribution in [0.3, 0.4) is 0 Å². The quantitative estimate of drug-likeness (QED) is 0.430. The molecule has 1 aromatic heterocycles. The summed E-state index contributed by atoms with van der Waals surface area (Å²) in [6.07, 6.45) is 1.95. The number of carbonyl (C=O) groups excluding carboxylic acids is 1. The fourth-order valence-corrected chi connectivity index (χ4v) is 1.27. The molecule has 2 N–H and O–H groups in total. The number of hydroxylamine groups is 1. The summed E-state index contributed by atoms with van der Waals surface area (Å²) in [7, 11) is 0. The van der Waals surface area contributed by atoms with Gasteiger partial charge in [-0.05, 0) is 16.3 Å². The molecule has 0 aliphatic heterocycles. The third-order valence-electron chi connectivity index (χ3n) is 2.08. The molecule has 0 aromatic carbocycles. The Bertz CT molecular complexity index is 401. The number of amides is 1. The van der Waals surface area contributed by atoms with Gasteiger partial charge in [-0.3, -0.25) is 10.0 Å². The van der Waals surface area contributed by atoms with Gasteiger partial charge in [-0.15, -0.1) is 0 Å². The van der Waals surface area contributed by atoms with Gasteiger partial charge in [0, 0.05) is 19.9 Å². The van der Waals surface area contributed by atoms with Crippen molar-refractivity contribution < 1.29 is 14.9 Å². The van der Waals surface area contributed by atoms with Crippen LogP contribution in [0.25, 0.3) is 0 Å². The maximum atomic E-state index is 10.7. The molecular formula is C8H12N4O4. The van der Waals surface area contributed by atoms with Crippen LogP contribution >= 0.6 is 0 Å². The molecule has 1 rings (SSSR count). The Kier molecular flexibility index (Phi) is 3.95. The van der Waals surface area contributed by atoms with E-state index in [1.54, 1.807) is 11.5 Å². The van der Waals surface area contributed by atoms with Crippen LogP contribution < -0.4 is 5.48 Å². The molecule has 1 aromatic rings. The van der Waals surface area contributed by atoms with Crippen LogP contribution in [0.4, 0.5) is 5.82 Å². The summed E-state index contributed by atoms with van der Waals surface area (Å²) in [5.74, 6) is -0.160. The highest BCUT2D eigenvalue weighted by molar-refractivity contribution is 5.74. The molecule has 0 aliphatic rings. The van der Waals surface area contributed by atoms with Crippen molar-refractivity contribution in [2.75, 3.05) is 0 Å². The summed E-state index contributed by atoms with van der Waals surface area (Å²) in [4.78, 5) is 24.3. The minimum Gasteiger partial charge on any atom is -0.358 e. The second kappa shape index (κ2) is 5.21. The lowest BCUT2D eigenvalue weighted by Crippen LogP contribution is -2.18. The van der Waals surface area contributed by atoms with Gasteiger partial charge in [0.05, 0.1) is 0 Å². The fraction of sp³-hybridized carbons (Fsp3) is 0.500. The largest absolute Gasteiger partial charge is 0.381 e. The molecule has 8 heteroatoms. The minimum absolute atomic E-state index is 0.155. The van der Waals surface area contributed by atoms with E-state index >= 15 is 0 Å². The van der Waals surface area contributed by atoms with Crippen LogP contribution in [0.2, 0.25) is 0 Å². The summed E-state index contributed by atoms with van der Waals surface area (Å²) < 4.78 is 1.60. The molecule has 0 unspecified atom stereocenters. The lowest BCUT2D eigenvalue weighted by molar-refractivity contribution is -0.389. The number of nitrogens with zero attached hydrogens (tertiary/aromatic N) is 3. The van der Waals surface area contributed by atoms with Gasteiger partial charge in [0.1, 0.15) is 6.20 Å².